The van der Waals surface area contributed by atoms with Gasteiger partial charge in [-0.25, -0.2) is 9.48 Å². The number of aromatic nitrogens is 2. The maximum atomic E-state index is 13.1. The molecule has 33 heavy (non-hydrogen) atoms. The number of para-hydroxylation sites is 2. The lowest BCUT2D eigenvalue weighted by Crippen LogP contribution is -2.38. The van der Waals surface area contributed by atoms with Crippen molar-refractivity contribution in [3.8, 4) is 16.9 Å². The molecule has 0 radical (unpaired) electrons. The maximum Gasteiger partial charge on any atom is 0.342 e. The van der Waals surface area contributed by atoms with E-state index in [1.165, 1.54) is 0 Å². The van der Waals surface area contributed by atoms with Gasteiger partial charge in [0.25, 0.3) is 5.91 Å². The quantitative estimate of drug-likeness (QED) is 0.426. The second-order valence-electron chi connectivity index (χ2n) is 8.06. The van der Waals surface area contributed by atoms with E-state index in [0.29, 0.717) is 11.3 Å². The van der Waals surface area contributed by atoms with Gasteiger partial charge in [0.2, 0.25) is 0 Å². The van der Waals surface area contributed by atoms with E-state index in [1.54, 1.807) is 15.8 Å². The van der Waals surface area contributed by atoms with Crippen LogP contribution in [0.1, 0.15) is 22.8 Å². The largest absolute Gasteiger partial charge is 0.452 e. The summed E-state index contributed by atoms with van der Waals surface area (Å²) in [5, 5.41) is 4.64. The van der Waals surface area contributed by atoms with Crippen LogP contribution < -0.4 is 4.90 Å². The van der Waals surface area contributed by atoms with Crippen molar-refractivity contribution in [2.75, 3.05) is 11.5 Å². The predicted octanol–water partition coefficient (Wildman–Crippen LogP) is 4.67. The molecule has 0 fully saturated rings. The van der Waals surface area contributed by atoms with Crippen LogP contribution in [0.2, 0.25) is 0 Å². The second-order valence-corrected chi connectivity index (χ2v) is 8.06. The highest BCUT2D eigenvalue weighted by Crippen LogP contribution is 2.32. The summed E-state index contributed by atoms with van der Waals surface area (Å²) in [6.45, 7) is 1.67. The predicted molar refractivity (Wildman–Crippen MR) is 126 cm³/mol. The molecular weight excluding hydrogens is 414 g/mol. The molecule has 0 aliphatic carbocycles. The Morgan fingerprint density at radius 2 is 1.61 bits per heavy atom. The number of amides is 1. The minimum absolute atomic E-state index is 0.0225. The molecule has 6 nitrogen and oxygen atoms in total. The number of benzene rings is 3. The van der Waals surface area contributed by atoms with E-state index in [0.717, 1.165) is 28.9 Å². The first-order chi connectivity index (χ1) is 16.1. The average Bonchev–Trinajstić information content (AvgIpc) is 3.44. The normalized spacial score (nSPS) is 14.7. The highest BCUT2D eigenvalue weighted by atomic mass is 16.5. The molecule has 6 heteroatoms. The van der Waals surface area contributed by atoms with E-state index in [-0.39, 0.29) is 18.6 Å². The Bertz CT molecular complexity index is 1300. The molecule has 164 valence electrons. The molecule has 0 saturated carbocycles. The Morgan fingerprint density at radius 1 is 0.939 bits per heavy atom. The molecule has 0 N–H and O–H groups in total. The molecule has 4 aromatic rings. The lowest BCUT2D eigenvalue weighted by molar-refractivity contribution is -0.122. The molecule has 1 aliphatic rings. The van der Waals surface area contributed by atoms with Crippen molar-refractivity contribution >= 4 is 17.6 Å². The van der Waals surface area contributed by atoms with E-state index in [2.05, 4.69) is 5.10 Å². The maximum absolute atomic E-state index is 13.1. The Labute approximate surface area is 192 Å². The number of carbonyl (C=O) groups excluding carboxylic acids is 2. The zero-order valence-corrected chi connectivity index (χ0v) is 18.2. The van der Waals surface area contributed by atoms with Crippen LogP contribution in [0.15, 0.2) is 91.1 Å². The van der Waals surface area contributed by atoms with Crippen molar-refractivity contribution < 1.29 is 14.3 Å². The first kappa shape index (κ1) is 20.7. The smallest absolute Gasteiger partial charge is 0.342 e. The molecule has 2 heterocycles. The summed E-state index contributed by atoms with van der Waals surface area (Å²) >= 11 is 0. The molecule has 0 unspecified atom stereocenters. The molecule has 0 saturated heterocycles. The third-order valence-corrected chi connectivity index (χ3v) is 5.80. The lowest BCUT2D eigenvalue weighted by Gasteiger charge is -2.22. The Morgan fingerprint density at radius 3 is 2.36 bits per heavy atom. The standard InChI is InChI=1S/C27H23N3O3/c1-19-16-21-12-8-9-15-24(21)30(19)25(31)18-33-27(32)23-17-29(22-13-6-3-7-14-22)28-26(23)20-10-4-2-5-11-20/h2-15,17,19H,16,18H2,1H3/t19-/m0/s1. The van der Waals surface area contributed by atoms with Crippen molar-refractivity contribution in [3.05, 3.63) is 102 Å². The van der Waals surface area contributed by atoms with Gasteiger partial charge in [-0.15, -0.1) is 0 Å². The van der Waals surface area contributed by atoms with Crippen LogP contribution in [0.5, 0.6) is 0 Å². The van der Waals surface area contributed by atoms with Crippen LogP contribution in [0.4, 0.5) is 5.69 Å². The van der Waals surface area contributed by atoms with Crippen molar-refractivity contribution in [1.29, 1.82) is 0 Å². The van der Waals surface area contributed by atoms with Gasteiger partial charge >= 0.3 is 5.97 Å². The monoisotopic (exact) mass is 437 g/mol. The molecular formula is C27H23N3O3. The topological polar surface area (TPSA) is 64.4 Å². The fourth-order valence-corrected chi connectivity index (χ4v) is 4.27. The summed E-state index contributed by atoms with van der Waals surface area (Å²) in [5.41, 5.74) is 4.46. The van der Waals surface area contributed by atoms with E-state index in [9.17, 15) is 9.59 Å². The van der Waals surface area contributed by atoms with Crippen LogP contribution in [0.25, 0.3) is 16.9 Å². The summed E-state index contributed by atoms with van der Waals surface area (Å²) in [6, 6.07) is 26.9. The third-order valence-electron chi connectivity index (χ3n) is 5.80. The number of fused-ring (bicyclic) bond motifs is 1. The Balaban J connectivity index is 1.39. The van der Waals surface area contributed by atoms with Crippen LogP contribution in [0, 0.1) is 0 Å². The lowest BCUT2D eigenvalue weighted by atomic mass is 10.1. The Hall–Kier alpha value is -4.19. The van der Waals surface area contributed by atoms with Crippen molar-refractivity contribution in [1.82, 2.24) is 9.78 Å². The van der Waals surface area contributed by atoms with Gasteiger partial charge in [-0.1, -0.05) is 66.7 Å². The zero-order chi connectivity index (χ0) is 22.8. The van der Waals surface area contributed by atoms with Gasteiger partial charge in [0.15, 0.2) is 6.61 Å². The number of hydrogen-bond acceptors (Lipinski definition) is 4. The van der Waals surface area contributed by atoms with Crippen molar-refractivity contribution in [2.45, 2.75) is 19.4 Å². The van der Waals surface area contributed by atoms with E-state index in [4.69, 9.17) is 4.74 Å². The minimum atomic E-state index is -0.579. The van der Waals surface area contributed by atoms with Crippen LogP contribution in [-0.4, -0.2) is 34.3 Å². The van der Waals surface area contributed by atoms with Crippen molar-refractivity contribution in [3.63, 3.8) is 0 Å². The number of hydrogen-bond donors (Lipinski definition) is 0. The van der Waals surface area contributed by atoms with Gasteiger partial charge in [0.05, 0.1) is 5.69 Å². The molecule has 3 aromatic carbocycles. The first-order valence-electron chi connectivity index (χ1n) is 10.9. The van der Waals surface area contributed by atoms with Gasteiger partial charge in [-0.2, -0.15) is 5.10 Å². The highest BCUT2D eigenvalue weighted by molar-refractivity contribution is 6.00. The van der Waals surface area contributed by atoms with Crippen LogP contribution in [-0.2, 0) is 16.0 Å². The summed E-state index contributed by atoms with van der Waals surface area (Å²) in [6.07, 6.45) is 2.44. The fourth-order valence-electron chi connectivity index (χ4n) is 4.27. The van der Waals surface area contributed by atoms with Gasteiger partial charge in [-0.3, -0.25) is 4.79 Å². The average molecular weight is 437 g/mol. The SMILES string of the molecule is C[C@H]1Cc2ccccc2N1C(=O)COC(=O)c1cn(-c2ccccc2)nc1-c1ccccc1. The molecule has 0 spiro atoms. The summed E-state index contributed by atoms with van der Waals surface area (Å²) in [5.74, 6) is -0.818. The third kappa shape index (κ3) is 4.03. The Kier molecular flexibility index (Phi) is 5.48. The number of anilines is 1. The van der Waals surface area contributed by atoms with Crippen LogP contribution in [0.3, 0.4) is 0 Å². The number of nitrogens with zero attached hydrogens (tertiary/aromatic N) is 3. The van der Waals surface area contributed by atoms with Crippen molar-refractivity contribution in [2.24, 2.45) is 0 Å². The number of rotatable bonds is 5. The van der Waals surface area contributed by atoms with Gasteiger partial charge < -0.3 is 9.64 Å². The fraction of sp³-hybridized carbons (Fsp3) is 0.148. The molecule has 1 atom stereocenters. The van der Waals surface area contributed by atoms with Gasteiger partial charge in [0.1, 0.15) is 11.3 Å². The molecule has 1 aliphatic heterocycles. The van der Waals surface area contributed by atoms with E-state index in [1.807, 2.05) is 91.9 Å². The molecule has 0 bridgehead atoms. The zero-order valence-electron chi connectivity index (χ0n) is 18.2. The van der Waals surface area contributed by atoms with Crippen LogP contribution >= 0.6 is 0 Å². The number of ether oxygens (including phenoxy) is 1. The molecule has 1 amide bonds. The molecule has 1 aromatic heterocycles. The van der Waals surface area contributed by atoms with Gasteiger partial charge in [0, 0.05) is 23.5 Å². The van der Waals surface area contributed by atoms with E-state index >= 15 is 0 Å². The van der Waals surface area contributed by atoms with Gasteiger partial charge in [-0.05, 0) is 37.1 Å². The summed E-state index contributed by atoms with van der Waals surface area (Å²) in [4.78, 5) is 27.8. The van der Waals surface area contributed by atoms with E-state index < -0.39 is 5.97 Å². The second kappa shape index (κ2) is 8.74. The summed E-state index contributed by atoms with van der Waals surface area (Å²) in [7, 11) is 0. The number of esters is 1. The molecule has 5 rings (SSSR count). The highest BCUT2D eigenvalue weighted by Gasteiger charge is 2.31. The first-order valence-corrected chi connectivity index (χ1v) is 10.9. The number of carbonyl (C=O) groups is 2. The minimum Gasteiger partial charge on any atom is -0.452 e. The summed E-state index contributed by atoms with van der Waals surface area (Å²) < 4.78 is 7.15.